The fourth-order valence-electron chi connectivity index (χ4n) is 4.91. The molecule has 5 rings (SSSR count). The third-order valence-corrected chi connectivity index (χ3v) is 6.78. The molecular formula is C21H29N3O. The monoisotopic (exact) mass is 339 g/mol. The lowest BCUT2D eigenvalue weighted by Crippen LogP contribution is -2.42. The van der Waals surface area contributed by atoms with Gasteiger partial charge >= 0.3 is 0 Å². The molecule has 2 aliphatic carbocycles. The standard InChI is InChI=1S/C21H29N3O/c1-23(17-6-9-22-10-7-17)20-13-18(20)15-4-5-19-16(12-15)8-11-24(19)21(25)14-2-3-14/h4-5,12,14,17-18,20,22H,2-3,6-11,13H2,1H3. The molecule has 0 spiro atoms. The lowest BCUT2D eigenvalue weighted by atomic mass is 10.0. The van der Waals surface area contributed by atoms with Crippen molar-refractivity contribution in [1.29, 1.82) is 0 Å². The number of carbonyl (C=O) groups excluding carboxylic acids is 1. The van der Waals surface area contributed by atoms with Crippen LogP contribution in [0.25, 0.3) is 0 Å². The van der Waals surface area contributed by atoms with Gasteiger partial charge < -0.3 is 10.2 Å². The van der Waals surface area contributed by atoms with Crippen molar-refractivity contribution < 1.29 is 4.79 Å². The first-order valence-corrected chi connectivity index (χ1v) is 10.1. The van der Waals surface area contributed by atoms with E-state index in [1.165, 1.54) is 36.1 Å². The van der Waals surface area contributed by atoms with E-state index >= 15 is 0 Å². The Morgan fingerprint density at radius 2 is 2.00 bits per heavy atom. The summed E-state index contributed by atoms with van der Waals surface area (Å²) in [7, 11) is 2.32. The Hall–Kier alpha value is -1.39. The maximum absolute atomic E-state index is 12.4. The molecule has 2 aliphatic heterocycles. The highest BCUT2D eigenvalue weighted by atomic mass is 16.2. The molecule has 4 aliphatic rings. The summed E-state index contributed by atoms with van der Waals surface area (Å²) in [6.45, 7) is 3.21. The minimum absolute atomic E-state index is 0.317. The molecule has 4 nitrogen and oxygen atoms in total. The highest BCUT2D eigenvalue weighted by molar-refractivity contribution is 5.98. The van der Waals surface area contributed by atoms with Crippen LogP contribution in [-0.2, 0) is 11.2 Å². The lowest BCUT2D eigenvalue weighted by molar-refractivity contribution is -0.119. The van der Waals surface area contributed by atoms with Gasteiger partial charge in [-0.15, -0.1) is 0 Å². The second-order valence-electron chi connectivity index (χ2n) is 8.46. The average Bonchev–Trinajstić information content (AvgIpc) is 3.57. The Labute approximate surface area is 150 Å². The van der Waals surface area contributed by atoms with Gasteiger partial charge in [-0.2, -0.15) is 0 Å². The first-order chi connectivity index (χ1) is 12.2. The van der Waals surface area contributed by atoms with E-state index in [9.17, 15) is 4.79 Å². The lowest BCUT2D eigenvalue weighted by Gasteiger charge is -2.32. The van der Waals surface area contributed by atoms with Crippen LogP contribution < -0.4 is 10.2 Å². The van der Waals surface area contributed by atoms with Crippen LogP contribution in [0.5, 0.6) is 0 Å². The van der Waals surface area contributed by atoms with Crippen molar-refractivity contribution in [2.24, 2.45) is 5.92 Å². The number of piperidine rings is 1. The van der Waals surface area contributed by atoms with Crippen LogP contribution in [0, 0.1) is 5.92 Å². The summed E-state index contributed by atoms with van der Waals surface area (Å²) in [5, 5.41) is 3.47. The summed E-state index contributed by atoms with van der Waals surface area (Å²) in [4.78, 5) is 17.1. The summed E-state index contributed by atoms with van der Waals surface area (Å²) in [6, 6.07) is 8.37. The number of amides is 1. The second kappa shape index (κ2) is 6.10. The van der Waals surface area contributed by atoms with Crippen LogP contribution in [0.2, 0.25) is 0 Å². The molecule has 1 aromatic carbocycles. The Balaban J connectivity index is 1.28. The Morgan fingerprint density at radius 3 is 2.76 bits per heavy atom. The number of hydrogen-bond acceptors (Lipinski definition) is 3. The number of likely N-dealkylation sites (N-methyl/N-ethyl adjacent to an activating group) is 1. The molecule has 2 saturated carbocycles. The van der Waals surface area contributed by atoms with Crippen molar-refractivity contribution in [2.45, 2.75) is 56.5 Å². The fraction of sp³-hybridized carbons (Fsp3) is 0.667. The van der Waals surface area contributed by atoms with Gasteiger partial charge in [-0.1, -0.05) is 12.1 Å². The molecular weight excluding hydrogens is 310 g/mol. The van der Waals surface area contributed by atoms with Crippen molar-refractivity contribution >= 4 is 11.6 Å². The molecule has 2 atom stereocenters. The summed E-state index contributed by atoms with van der Waals surface area (Å²) in [5.74, 6) is 1.37. The predicted molar refractivity (Wildman–Crippen MR) is 100 cm³/mol. The van der Waals surface area contributed by atoms with E-state index < -0.39 is 0 Å². The van der Waals surface area contributed by atoms with Gasteiger partial charge in [0.25, 0.3) is 0 Å². The number of nitrogens with one attached hydrogen (secondary N) is 1. The van der Waals surface area contributed by atoms with Crippen LogP contribution in [0.1, 0.15) is 49.1 Å². The maximum Gasteiger partial charge on any atom is 0.230 e. The van der Waals surface area contributed by atoms with Gasteiger partial charge in [-0.25, -0.2) is 0 Å². The molecule has 0 aromatic heterocycles. The summed E-state index contributed by atoms with van der Waals surface area (Å²) < 4.78 is 0. The third kappa shape index (κ3) is 2.89. The van der Waals surface area contributed by atoms with Crippen LogP contribution in [-0.4, -0.2) is 49.6 Å². The molecule has 1 N–H and O–H groups in total. The van der Waals surface area contributed by atoms with E-state index in [4.69, 9.17) is 0 Å². The van der Waals surface area contributed by atoms with Gasteiger partial charge in [0.05, 0.1) is 0 Å². The van der Waals surface area contributed by atoms with Crippen LogP contribution >= 0.6 is 0 Å². The predicted octanol–water partition coefficient (Wildman–Crippen LogP) is 2.53. The van der Waals surface area contributed by atoms with E-state index in [-0.39, 0.29) is 0 Å². The van der Waals surface area contributed by atoms with Gasteiger partial charge in [0.1, 0.15) is 0 Å². The molecule has 0 bridgehead atoms. The SMILES string of the molecule is CN(C1CCNCC1)C1CC1c1ccc2c(c1)CCN2C(=O)C1CC1. The number of fused-ring (bicyclic) bond motifs is 1. The van der Waals surface area contributed by atoms with Gasteiger partial charge in [-0.3, -0.25) is 9.69 Å². The first-order valence-electron chi connectivity index (χ1n) is 10.1. The normalized spacial score (nSPS) is 29.1. The molecule has 25 heavy (non-hydrogen) atoms. The van der Waals surface area contributed by atoms with Gasteiger partial charge in [0.2, 0.25) is 5.91 Å². The topological polar surface area (TPSA) is 35.6 Å². The molecule has 2 heterocycles. The average molecular weight is 339 g/mol. The molecule has 1 amide bonds. The van der Waals surface area contributed by atoms with Crippen LogP contribution in [0.15, 0.2) is 18.2 Å². The Bertz CT molecular complexity index is 678. The minimum atomic E-state index is 0.317. The zero-order chi connectivity index (χ0) is 17.0. The molecule has 1 aromatic rings. The third-order valence-electron chi connectivity index (χ3n) is 6.78. The van der Waals surface area contributed by atoms with Crippen LogP contribution in [0.3, 0.4) is 0 Å². The number of carbonyl (C=O) groups is 1. The van der Waals surface area contributed by atoms with Gasteiger partial charge in [0.15, 0.2) is 0 Å². The number of nitrogens with zero attached hydrogens (tertiary/aromatic N) is 2. The fourth-order valence-corrected chi connectivity index (χ4v) is 4.91. The zero-order valence-electron chi connectivity index (χ0n) is 15.2. The highest BCUT2D eigenvalue weighted by Gasteiger charge is 2.44. The quantitative estimate of drug-likeness (QED) is 0.916. The summed E-state index contributed by atoms with van der Waals surface area (Å²) in [6.07, 6.45) is 7.07. The molecule has 4 heteroatoms. The van der Waals surface area contributed by atoms with Crippen molar-refractivity contribution in [3.05, 3.63) is 29.3 Å². The largest absolute Gasteiger partial charge is 0.317 e. The first kappa shape index (κ1) is 15.8. The number of benzene rings is 1. The zero-order valence-corrected chi connectivity index (χ0v) is 15.2. The smallest absolute Gasteiger partial charge is 0.230 e. The Kier molecular flexibility index (Phi) is 3.86. The number of hydrogen-bond donors (Lipinski definition) is 1. The van der Waals surface area contributed by atoms with E-state index in [0.717, 1.165) is 44.9 Å². The van der Waals surface area contributed by atoms with E-state index in [1.54, 1.807) is 0 Å². The Morgan fingerprint density at radius 1 is 1.20 bits per heavy atom. The van der Waals surface area contributed by atoms with Crippen molar-refractivity contribution in [3.8, 4) is 0 Å². The highest BCUT2D eigenvalue weighted by Crippen LogP contribution is 2.47. The van der Waals surface area contributed by atoms with Crippen molar-refractivity contribution in [1.82, 2.24) is 10.2 Å². The van der Waals surface area contributed by atoms with Gasteiger partial charge in [0, 0.05) is 36.2 Å². The van der Waals surface area contributed by atoms with Crippen molar-refractivity contribution in [2.75, 3.05) is 31.6 Å². The van der Waals surface area contributed by atoms with Crippen LogP contribution in [0.4, 0.5) is 5.69 Å². The van der Waals surface area contributed by atoms with E-state index in [1.807, 2.05) is 4.90 Å². The minimum Gasteiger partial charge on any atom is -0.317 e. The van der Waals surface area contributed by atoms with Gasteiger partial charge in [-0.05, 0) is 75.9 Å². The molecule has 1 saturated heterocycles. The van der Waals surface area contributed by atoms with Crippen molar-refractivity contribution in [3.63, 3.8) is 0 Å². The summed E-state index contributed by atoms with van der Waals surface area (Å²) >= 11 is 0. The number of rotatable bonds is 4. The maximum atomic E-state index is 12.4. The second-order valence-corrected chi connectivity index (χ2v) is 8.46. The van der Waals surface area contributed by atoms with E-state index in [2.05, 4.69) is 35.5 Å². The molecule has 3 fully saturated rings. The van der Waals surface area contributed by atoms with E-state index in [0.29, 0.717) is 23.8 Å². The molecule has 134 valence electrons. The molecule has 0 radical (unpaired) electrons. The molecule has 2 unspecified atom stereocenters. The summed E-state index contributed by atoms with van der Waals surface area (Å²) in [5.41, 5.74) is 4.07. The number of anilines is 1.